The van der Waals surface area contributed by atoms with Crippen LogP contribution in [0, 0.1) is 5.92 Å². The average molecular weight is 247 g/mol. The van der Waals surface area contributed by atoms with Crippen LogP contribution in [-0.4, -0.2) is 10.8 Å². The van der Waals surface area contributed by atoms with Gasteiger partial charge in [-0.15, -0.1) is 11.3 Å². The van der Waals surface area contributed by atoms with Gasteiger partial charge in [-0.1, -0.05) is 0 Å². The van der Waals surface area contributed by atoms with E-state index < -0.39 is 0 Å². The summed E-state index contributed by atoms with van der Waals surface area (Å²) in [7, 11) is 0. The highest BCUT2D eigenvalue weighted by Gasteiger charge is 2.25. The van der Waals surface area contributed by atoms with Gasteiger partial charge in [-0.3, -0.25) is 4.79 Å². The molecule has 1 saturated carbocycles. The Kier molecular flexibility index (Phi) is 2.59. The van der Waals surface area contributed by atoms with Gasteiger partial charge in [-0.05, 0) is 38.2 Å². The van der Waals surface area contributed by atoms with Gasteiger partial charge in [0.05, 0.1) is 10.6 Å². The highest BCUT2D eigenvalue weighted by molar-refractivity contribution is 7.12. The molecule has 0 amide bonds. The number of hydrogen-bond acceptors (Lipinski definition) is 4. The molecule has 0 saturated heterocycles. The molecule has 2 aromatic heterocycles. The molecule has 1 aliphatic carbocycles. The molecule has 0 N–H and O–H groups in total. The van der Waals surface area contributed by atoms with Gasteiger partial charge in [-0.2, -0.15) is 0 Å². The fourth-order valence-electron chi connectivity index (χ4n) is 1.88. The first-order valence-electron chi connectivity index (χ1n) is 5.76. The molecule has 1 fully saturated rings. The summed E-state index contributed by atoms with van der Waals surface area (Å²) in [6, 6.07) is 1.89. The maximum Gasteiger partial charge on any atom is 0.181 e. The minimum atomic E-state index is 0.101. The maximum atomic E-state index is 11.3. The first-order chi connectivity index (χ1) is 8.24. The second-order valence-electron chi connectivity index (χ2n) is 4.53. The summed E-state index contributed by atoms with van der Waals surface area (Å²) in [6.07, 6.45) is 5.10. The minimum Gasteiger partial charge on any atom is -0.443 e. The van der Waals surface area contributed by atoms with Gasteiger partial charge in [0, 0.05) is 10.9 Å². The van der Waals surface area contributed by atoms with E-state index in [1.807, 2.05) is 11.4 Å². The van der Waals surface area contributed by atoms with Crippen LogP contribution in [0.3, 0.4) is 0 Å². The summed E-state index contributed by atoms with van der Waals surface area (Å²) < 4.78 is 5.46. The lowest BCUT2D eigenvalue weighted by Gasteiger charge is -1.96. The molecule has 2 heterocycles. The lowest BCUT2D eigenvalue weighted by atomic mass is 10.1. The predicted octanol–water partition coefficient (Wildman–Crippen LogP) is 3.56. The molecule has 0 aromatic carbocycles. The molecule has 0 radical (unpaired) electrons. The van der Waals surface area contributed by atoms with E-state index in [1.165, 1.54) is 30.6 Å². The Morgan fingerprint density at radius 1 is 1.59 bits per heavy atom. The van der Waals surface area contributed by atoms with Gasteiger partial charge in [-0.25, -0.2) is 4.98 Å². The van der Waals surface area contributed by atoms with E-state index in [0.29, 0.717) is 0 Å². The van der Waals surface area contributed by atoms with Crippen LogP contribution in [-0.2, 0) is 6.42 Å². The number of nitrogens with zero attached hydrogens (tertiary/aromatic N) is 1. The molecule has 88 valence electrons. The number of ketones is 1. The van der Waals surface area contributed by atoms with E-state index in [4.69, 9.17) is 4.42 Å². The average Bonchev–Trinajstić information content (AvgIpc) is 2.80. The molecular formula is C13H13NO2S. The number of carbonyl (C=O) groups excluding carboxylic acids is 1. The molecule has 4 heteroatoms. The van der Waals surface area contributed by atoms with Crippen molar-refractivity contribution in [3.8, 4) is 11.3 Å². The van der Waals surface area contributed by atoms with Crippen LogP contribution in [0.25, 0.3) is 11.3 Å². The van der Waals surface area contributed by atoms with Crippen LogP contribution in [0.5, 0.6) is 0 Å². The largest absolute Gasteiger partial charge is 0.443 e. The summed E-state index contributed by atoms with van der Waals surface area (Å²) in [4.78, 5) is 16.3. The Morgan fingerprint density at radius 3 is 3.06 bits per heavy atom. The summed E-state index contributed by atoms with van der Waals surface area (Å²) in [5.74, 6) is 1.72. The number of carbonyl (C=O) groups is 1. The molecule has 0 atom stereocenters. The van der Waals surface area contributed by atoms with Crippen molar-refractivity contribution in [2.75, 3.05) is 0 Å². The van der Waals surface area contributed by atoms with Gasteiger partial charge >= 0.3 is 0 Å². The van der Waals surface area contributed by atoms with Crippen molar-refractivity contribution in [3.63, 3.8) is 0 Å². The lowest BCUT2D eigenvalue weighted by molar-refractivity contribution is 0.102. The van der Waals surface area contributed by atoms with Crippen LogP contribution in [0.1, 0.15) is 35.1 Å². The molecule has 17 heavy (non-hydrogen) atoms. The zero-order valence-electron chi connectivity index (χ0n) is 9.60. The molecule has 3 nitrogen and oxygen atoms in total. The highest BCUT2D eigenvalue weighted by atomic mass is 32.1. The molecule has 3 rings (SSSR count). The predicted molar refractivity (Wildman–Crippen MR) is 66.2 cm³/mol. The van der Waals surface area contributed by atoms with Crippen molar-refractivity contribution in [3.05, 3.63) is 28.4 Å². The van der Waals surface area contributed by atoms with Gasteiger partial charge in [0.15, 0.2) is 17.9 Å². The molecule has 0 bridgehead atoms. The van der Waals surface area contributed by atoms with Crippen LogP contribution in [0.4, 0.5) is 0 Å². The monoisotopic (exact) mass is 247 g/mol. The Labute approximate surface area is 103 Å². The van der Waals surface area contributed by atoms with Gasteiger partial charge in [0.1, 0.15) is 0 Å². The highest BCUT2D eigenvalue weighted by Crippen LogP contribution is 2.36. The van der Waals surface area contributed by atoms with Crippen molar-refractivity contribution in [2.24, 2.45) is 5.92 Å². The van der Waals surface area contributed by atoms with Crippen molar-refractivity contribution in [1.82, 2.24) is 4.98 Å². The van der Waals surface area contributed by atoms with Crippen LogP contribution < -0.4 is 0 Å². The van der Waals surface area contributed by atoms with Crippen LogP contribution >= 0.6 is 11.3 Å². The first-order valence-corrected chi connectivity index (χ1v) is 6.64. The van der Waals surface area contributed by atoms with E-state index in [9.17, 15) is 4.79 Å². The Bertz CT molecular complexity index is 551. The normalized spacial score (nSPS) is 15.1. The molecule has 1 aliphatic rings. The number of oxazole rings is 1. The van der Waals surface area contributed by atoms with Crippen molar-refractivity contribution in [2.45, 2.75) is 26.2 Å². The SMILES string of the molecule is CC(=O)c1cc(-c2ocnc2CC2CC2)cs1. The number of hydrogen-bond donors (Lipinski definition) is 0. The second-order valence-corrected chi connectivity index (χ2v) is 5.44. The Hall–Kier alpha value is -1.42. The third-order valence-electron chi connectivity index (χ3n) is 3.03. The third-order valence-corrected chi connectivity index (χ3v) is 4.06. The summed E-state index contributed by atoms with van der Waals surface area (Å²) in [6.45, 7) is 1.58. The Morgan fingerprint density at radius 2 is 2.41 bits per heavy atom. The van der Waals surface area contributed by atoms with Crippen LogP contribution in [0.2, 0.25) is 0 Å². The minimum absolute atomic E-state index is 0.101. The quantitative estimate of drug-likeness (QED) is 0.776. The first kappa shape index (κ1) is 10.7. The van der Waals surface area contributed by atoms with Crippen molar-refractivity contribution < 1.29 is 9.21 Å². The van der Waals surface area contributed by atoms with Crippen molar-refractivity contribution in [1.29, 1.82) is 0 Å². The fourth-order valence-corrected chi connectivity index (χ4v) is 2.67. The number of rotatable bonds is 4. The van der Waals surface area contributed by atoms with Gasteiger partial charge in [0.25, 0.3) is 0 Å². The van der Waals surface area contributed by atoms with E-state index >= 15 is 0 Å². The Balaban J connectivity index is 1.90. The standard InChI is InChI=1S/C13H13NO2S/c1-8(15)12-5-10(6-17-12)13-11(14-7-16-13)4-9-2-3-9/h5-7,9H,2-4H2,1H3. The molecule has 0 unspecified atom stereocenters. The molecule has 0 spiro atoms. The second kappa shape index (κ2) is 4.11. The third kappa shape index (κ3) is 2.17. The van der Waals surface area contributed by atoms with Gasteiger partial charge < -0.3 is 4.42 Å². The summed E-state index contributed by atoms with van der Waals surface area (Å²) in [5.41, 5.74) is 2.01. The molecule has 0 aliphatic heterocycles. The van der Waals surface area contributed by atoms with E-state index in [2.05, 4.69) is 4.98 Å². The zero-order chi connectivity index (χ0) is 11.8. The topological polar surface area (TPSA) is 43.1 Å². The van der Waals surface area contributed by atoms with Crippen molar-refractivity contribution >= 4 is 17.1 Å². The summed E-state index contributed by atoms with van der Waals surface area (Å²) >= 11 is 1.46. The number of aromatic nitrogens is 1. The van der Waals surface area contributed by atoms with Crippen LogP contribution in [0.15, 0.2) is 22.3 Å². The van der Waals surface area contributed by atoms with E-state index in [-0.39, 0.29) is 5.78 Å². The van der Waals surface area contributed by atoms with E-state index in [0.717, 1.165) is 34.2 Å². The summed E-state index contributed by atoms with van der Waals surface area (Å²) in [5, 5.41) is 1.97. The maximum absolute atomic E-state index is 11.3. The smallest absolute Gasteiger partial charge is 0.181 e. The zero-order valence-corrected chi connectivity index (χ0v) is 10.4. The molecule has 2 aromatic rings. The lowest BCUT2D eigenvalue weighted by Crippen LogP contribution is -1.89. The van der Waals surface area contributed by atoms with Gasteiger partial charge in [0.2, 0.25) is 0 Å². The van der Waals surface area contributed by atoms with E-state index in [1.54, 1.807) is 6.92 Å². The number of Topliss-reactive ketones (excluding diaryl/α,β-unsaturated/α-hetero) is 1. The molecular weight excluding hydrogens is 234 g/mol. The number of thiophene rings is 1. The fraction of sp³-hybridized carbons (Fsp3) is 0.385.